The standard InChI is InChI=1S/C14H23N3O3/c1-8(2)7-11(14(19)20-6)15-13(18)12-9(3)16-17(5)10(12)4/h8,11H,7H2,1-6H3,(H,15,18). The Labute approximate surface area is 119 Å². The van der Waals surface area contributed by atoms with E-state index in [9.17, 15) is 9.59 Å². The van der Waals surface area contributed by atoms with Crippen molar-refractivity contribution in [1.82, 2.24) is 15.1 Å². The quantitative estimate of drug-likeness (QED) is 0.827. The van der Waals surface area contributed by atoms with Gasteiger partial charge in [0.15, 0.2) is 0 Å². The molecule has 20 heavy (non-hydrogen) atoms. The Balaban J connectivity index is 2.93. The number of nitrogens with zero attached hydrogens (tertiary/aromatic N) is 2. The summed E-state index contributed by atoms with van der Waals surface area (Å²) in [7, 11) is 3.10. The number of nitrogens with one attached hydrogen (secondary N) is 1. The van der Waals surface area contributed by atoms with Crippen LogP contribution in [0.1, 0.15) is 42.0 Å². The van der Waals surface area contributed by atoms with Crippen molar-refractivity contribution in [3.8, 4) is 0 Å². The third-order valence-electron chi connectivity index (χ3n) is 3.23. The predicted molar refractivity (Wildman–Crippen MR) is 75.4 cm³/mol. The van der Waals surface area contributed by atoms with Crippen molar-refractivity contribution in [2.75, 3.05) is 7.11 Å². The lowest BCUT2D eigenvalue weighted by molar-refractivity contribution is -0.143. The lowest BCUT2D eigenvalue weighted by Gasteiger charge is -2.18. The predicted octanol–water partition coefficient (Wildman–Crippen LogP) is 1.35. The summed E-state index contributed by atoms with van der Waals surface area (Å²) in [5.41, 5.74) is 1.94. The Morgan fingerprint density at radius 3 is 2.35 bits per heavy atom. The molecule has 0 spiro atoms. The van der Waals surface area contributed by atoms with Crippen molar-refractivity contribution >= 4 is 11.9 Å². The second-order valence-electron chi connectivity index (χ2n) is 5.35. The first-order valence-electron chi connectivity index (χ1n) is 6.66. The summed E-state index contributed by atoms with van der Waals surface area (Å²) < 4.78 is 6.39. The van der Waals surface area contributed by atoms with E-state index in [4.69, 9.17) is 4.74 Å². The Morgan fingerprint density at radius 1 is 1.35 bits per heavy atom. The number of ether oxygens (including phenoxy) is 1. The average Bonchev–Trinajstić information content (AvgIpc) is 2.60. The van der Waals surface area contributed by atoms with Crippen LogP contribution in [0, 0.1) is 19.8 Å². The molecular weight excluding hydrogens is 258 g/mol. The van der Waals surface area contributed by atoms with Gasteiger partial charge in [0, 0.05) is 12.7 Å². The van der Waals surface area contributed by atoms with Crippen molar-refractivity contribution in [3.63, 3.8) is 0 Å². The van der Waals surface area contributed by atoms with Crippen LogP contribution in [0.5, 0.6) is 0 Å². The minimum atomic E-state index is -0.633. The van der Waals surface area contributed by atoms with Gasteiger partial charge in [-0.3, -0.25) is 9.48 Å². The minimum Gasteiger partial charge on any atom is -0.467 e. The average molecular weight is 281 g/mol. The molecule has 0 aliphatic rings. The van der Waals surface area contributed by atoms with E-state index in [1.54, 1.807) is 18.7 Å². The normalized spacial score (nSPS) is 12.3. The van der Waals surface area contributed by atoms with Crippen LogP contribution in [-0.4, -0.2) is 34.8 Å². The number of methoxy groups -OCH3 is 1. The Hall–Kier alpha value is -1.85. The van der Waals surface area contributed by atoms with Crippen LogP contribution in [0.25, 0.3) is 0 Å². The molecule has 1 heterocycles. The van der Waals surface area contributed by atoms with E-state index in [2.05, 4.69) is 10.4 Å². The first kappa shape index (κ1) is 16.2. The van der Waals surface area contributed by atoms with Crippen LogP contribution in [-0.2, 0) is 16.6 Å². The smallest absolute Gasteiger partial charge is 0.328 e. The molecule has 1 aromatic rings. The maximum Gasteiger partial charge on any atom is 0.328 e. The molecule has 0 fully saturated rings. The minimum absolute atomic E-state index is 0.274. The van der Waals surface area contributed by atoms with Crippen LogP contribution in [0.3, 0.4) is 0 Å². The molecule has 1 rings (SSSR count). The van der Waals surface area contributed by atoms with E-state index in [1.165, 1.54) is 7.11 Å². The molecule has 1 aromatic heterocycles. The molecule has 1 amide bonds. The van der Waals surface area contributed by atoms with Crippen molar-refractivity contribution in [1.29, 1.82) is 0 Å². The number of hydrogen-bond donors (Lipinski definition) is 1. The van der Waals surface area contributed by atoms with Gasteiger partial charge in [0.05, 0.1) is 18.4 Å². The molecule has 0 aromatic carbocycles. The van der Waals surface area contributed by atoms with Gasteiger partial charge in [-0.15, -0.1) is 0 Å². The van der Waals surface area contributed by atoms with Gasteiger partial charge in [-0.05, 0) is 26.2 Å². The number of aromatic nitrogens is 2. The molecule has 6 heteroatoms. The number of aryl methyl sites for hydroxylation is 2. The summed E-state index contributed by atoms with van der Waals surface area (Å²) in [5, 5.41) is 6.95. The highest BCUT2D eigenvalue weighted by Crippen LogP contribution is 2.13. The summed E-state index contributed by atoms with van der Waals surface area (Å²) in [4.78, 5) is 24.1. The van der Waals surface area contributed by atoms with Gasteiger partial charge in [-0.25, -0.2) is 4.79 Å². The first-order valence-corrected chi connectivity index (χ1v) is 6.66. The zero-order valence-electron chi connectivity index (χ0n) is 13.0. The molecule has 1 atom stereocenters. The van der Waals surface area contributed by atoms with E-state index in [0.29, 0.717) is 17.7 Å². The van der Waals surface area contributed by atoms with Gasteiger partial charge >= 0.3 is 5.97 Å². The molecule has 112 valence electrons. The molecule has 0 saturated carbocycles. The third kappa shape index (κ3) is 3.59. The maximum atomic E-state index is 12.3. The lowest BCUT2D eigenvalue weighted by atomic mass is 10.0. The Bertz CT molecular complexity index is 506. The second-order valence-corrected chi connectivity index (χ2v) is 5.35. The summed E-state index contributed by atoms with van der Waals surface area (Å²) in [6.45, 7) is 7.58. The first-order chi connectivity index (χ1) is 9.27. The van der Waals surface area contributed by atoms with E-state index in [-0.39, 0.29) is 11.8 Å². The largest absolute Gasteiger partial charge is 0.467 e. The van der Waals surface area contributed by atoms with Gasteiger partial charge in [0.25, 0.3) is 5.91 Å². The van der Waals surface area contributed by atoms with Crippen molar-refractivity contribution < 1.29 is 14.3 Å². The number of carbonyl (C=O) groups excluding carboxylic acids is 2. The van der Waals surface area contributed by atoms with E-state index >= 15 is 0 Å². The number of hydrogen-bond acceptors (Lipinski definition) is 4. The molecule has 1 unspecified atom stereocenters. The fourth-order valence-corrected chi connectivity index (χ4v) is 2.16. The summed E-state index contributed by atoms with van der Waals surface area (Å²) in [6.07, 6.45) is 0.538. The molecule has 1 N–H and O–H groups in total. The number of rotatable bonds is 5. The number of esters is 1. The Morgan fingerprint density at radius 2 is 1.95 bits per heavy atom. The molecule has 0 saturated heterocycles. The van der Waals surface area contributed by atoms with E-state index in [0.717, 1.165) is 5.69 Å². The molecule has 0 aliphatic heterocycles. The zero-order chi connectivity index (χ0) is 15.4. The SMILES string of the molecule is COC(=O)C(CC(C)C)NC(=O)c1c(C)nn(C)c1C. The maximum absolute atomic E-state index is 12.3. The monoisotopic (exact) mass is 281 g/mol. The van der Waals surface area contributed by atoms with Gasteiger partial charge in [0.2, 0.25) is 0 Å². The van der Waals surface area contributed by atoms with Gasteiger partial charge < -0.3 is 10.1 Å². The van der Waals surface area contributed by atoms with Gasteiger partial charge in [-0.2, -0.15) is 5.10 Å². The van der Waals surface area contributed by atoms with Crippen LogP contribution in [0.2, 0.25) is 0 Å². The van der Waals surface area contributed by atoms with Crippen LogP contribution in [0.4, 0.5) is 0 Å². The third-order valence-corrected chi connectivity index (χ3v) is 3.23. The van der Waals surface area contributed by atoms with Crippen molar-refractivity contribution in [3.05, 3.63) is 17.0 Å². The van der Waals surface area contributed by atoms with Crippen molar-refractivity contribution in [2.24, 2.45) is 13.0 Å². The fourth-order valence-electron chi connectivity index (χ4n) is 2.16. The summed E-state index contributed by atoms with van der Waals surface area (Å²) in [5.74, 6) is -0.439. The zero-order valence-corrected chi connectivity index (χ0v) is 13.0. The lowest BCUT2D eigenvalue weighted by Crippen LogP contribution is -2.42. The van der Waals surface area contributed by atoms with Crippen molar-refractivity contribution in [2.45, 2.75) is 40.2 Å². The van der Waals surface area contributed by atoms with Crippen LogP contribution >= 0.6 is 0 Å². The van der Waals surface area contributed by atoms with Crippen LogP contribution in [0.15, 0.2) is 0 Å². The molecule has 0 bridgehead atoms. The summed E-state index contributed by atoms with van der Waals surface area (Å²) in [6, 6.07) is -0.633. The summed E-state index contributed by atoms with van der Waals surface area (Å²) >= 11 is 0. The fraction of sp³-hybridized carbons (Fsp3) is 0.643. The highest BCUT2D eigenvalue weighted by Gasteiger charge is 2.25. The molecule has 0 radical (unpaired) electrons. The highest BCUT2D eigenvalue weighted by molar-refractivity contribution is 5.98. The van der Waals surface area contributed by atoms with Gasteiger partial charge in [-0.1, -0.05) is 13.8 Å². The molecule has 6 nitrogen and oxygen atoms in total. The Kier molecular flexibility index (Phi) is 5.30. The molecular formula is C14H23N3O3. The van der Waals surface area contributed by atoms with E-state index < -0.39 is 12.0 Å². The van der Waals surface area contributed by atoms with Crippen LogP contribution < -0.4 is 5.32 Å². The van der Waals surface area contributed by atoms with Gasteiger partial charge in [0.1, 0.15) is 6.04 Å². The number of carbonyl (C=O) groups is 2. The number of amides is 1. The van der Waals surface area contributed by atoms with E-state index in [1.807, 2.05) is 20.8 Å². The molecule has 0 aliphatic carbocycles. The second kappa shape index (κ2) is 6.54. The topological polar surface area (TPSA) is 73.2 Å². The highest BCUT2D eigenvalue weighted by atomic mass is 16.5.